The molecule has 3 heterocycles. The molecule has 0 bridgehead atoms. The summed E-state index contributed by atoms with van der Waals surface area (Å²) < 4.78 is 34.8. The third-order valence-corrected chi connectivity index (χ3v) is 8.57. The first kappa shape index (κ1) is 25.5. The van der Waals surface area contributed by atoms with Gasteiger partial charge in [0.15, 0.2) is 0 Å². The number of hydrogen-bond acceptors (Lipinski definition) is 8. The summed E-state index contributed by atoms with van der Waals surface area (Å²) in [6.07, 6.45) is 7.56. The molecule has 10 heteroatoms. The van der Waals surface area contributed by atoms with E-state index >= 15 is 0 Å². The van der Waals surface area contributed by atoms with Crippen LogP contribution in [0.1, 0.15) is 31.2 Å². The third kappa shape index (κ3) is 5.97. The van der Waals surface area contributed by atoms with Crippen LogP contribution in [0.2, 0.25) is 0 Å². The zero-order chi connectivity index (χ0) is 26.8. The van der Waals surface area contributed by atoms with Gasteiger partial charge in [-0.25, -0.2) is 23.4 Å². The van der Waals surface area contributed by atoms with Crippen molar-refractivity contribution in [2.45, 2.75) is 38.6 Å². The average Bonchev–Trinajstić information content (AvgIpc) is 3.75. The molecule has 1 aliphatic carbocycles. The molecule has 4 aromatic rings. The quantitative estimate of drug-likeness (QED) is 0.266. The van der Waals surface area contributed by atoms with Crippen LogP contribution in [0.3, 0.4) is 0 Å². The number of anilines is 2. The van der Waals surface area contributed by atoms with Gasteiger partial charge in [0.05, 0.1) is 22.7 Å². The lowest BCUT2D eigenvalue weighted by atomic mass is 10.0. The smallest absolute Gasteiger partial charge is 0.233 e. The summed E-state index contributed by atoms with van der Waals surface area (Å²) in [5.41, 5.74) is 2.79. The van der Waals surface area contributed by atoms with Crippen LogP contribution >= 0.6 is 0 Å². The highest BCUT2D eigenvalue weighted by Crippen LogP contribution is 2.40. The summed E-state index contributed by atoms with van der Waals surface area (Å²) in [6.45, 7) is 3.83. The molecule has 202 valence electrons. The lowest BCUT2D eigenvalue weighted by Gasteiger charge is -2.23. The maximum absolute atomic E-state index is 12.8. The highest BCUT2D eigenvalue weighted by molar-refractivity contribution is 7.92. The SMILES string of the molecule is Cc1cc(NS(=O)(=O)CC2CC2)c2ccccc2c1Oc1ncccc1-c1ccnc(N[C@H]2CCCNC2)n1. The number of sulfonamides is 1. The minimum Gasteiger partial charge on any atom is -0.437 e. The third-order valence-electron chi connectivity index (χ3n) is 7.13. The number of fused-ring (bicyclic) bond motifs is 1. The number of nitrogens with one attached hydrogen (secondary N) is 3. The second-order valence-electron chi connectivity index (χ2n) is 10.4. The van der Waals surface area contributed by atoms with Gasteiger partial charge in [0.25, 0.3) is 0 Å². The Morgan fingerprint density at radius 3 is 2.67 bits per heavy atom. The van der Waals surface area contributed by atoms with Gasteiger partial charge in [-0.1, -0.05) is 24.3 Å². The van der Waals surface area contributed by atoms with Gasteiger partial charge in [-0.15, -0.1) is 0 Å². The first-order valence-electron chi connectivity index (χ1n) is 13.4. The van der Waals surface area contributed by atoms with Crippen LogP contribution in [-0.2, 0) is 10.0 Å². The molecule has 0 radical (unpaired) electrons. The maximum Gasteiger partial charge on any atom is 0.233 e. The van der Waals surface area contributed by atoms with Crippen LogP contribution in [0.4, 0.5) is 11.6 Å². The Morgan fingerprint density at radius 2 is 1.87 bits per heavy atom. The monoisotopic (exact) mass is 544 g/mol. The Labute approximate surface area is 228 Å². The lowest BCUT2D eigenvalue weighted by molar-refractivity contribution is 0.466. The molecule has 0 spiro atoms. The molecule has 2 aromatic heterocycles. The molecule has 2 fully saturated rings. The lowest BCUT2D eigenvalue weighted by Crippen LogP contribution is -2.38. The van der Waals surface area contributed by atoms with E-state index in [4.69, 9.17) is 9.72 Å². The van der Waals surface area contributed by atoms with Crippen molar-refractivity contribution in [1.29, 1.82) is 0 Å². The summed E-state index contributed by atoms with van der Waals surface area (Å²) in [4.78, 5) is 13.7. The van der Waals surface area contributed by atoms with E-state index in [1.807, 2.05) is 55.5 Å². The molecule has 39 heavy (non-hydrogen) atoms. The van der Waals surface area contributed by atoms with Gasteiger partial charge >= 0.3 is 0 Å². The van der Waals surface area contributed by atoms with Crippen LogP contribution in [0.15, 0.2) is 60.9 Å². The molecule has 6 rings (SSSR count). The average molecular weight is 545 g/mol. The van der Waals surface area contributed by atoms with Crippen LogP contribution in [-0.4, -0.2) is 48.3 Å². The van der Waals surface area contributed by atoms with Gasteiger partial charge in [0.2, 0.25) is 21.9 Å². The van der Waals surface area contributed by atoms with Crippen molar-refractivity contribution in [2.24, 2.45) is 5.92 Å². The number of aromatic nitrogens is 3. The molecule has 2 aromatic carbocycles. The molecule has 9 nitrogen and oxygen atoms in total. The molecule has 1 saturated carbocycles. The minimum atomic E-state index is -3.44. The fourth-order valence-corrected chi connectivity index (χ4v) is 6.55. The summed E-state index contributed by atoms with van der Waals surface area (Å²) in [5, 5.41) is 8.40. The fourth-order valence-electron chi connectivity index (χ4n) is 5.01. The zero-order valence-electron chi connectivity index (χ0n) is 21.9. The van der Waals surface area contributed by atoms with Gasteiger partial charge in [-0.05, 0) is 74.9 Å². The zero-order valence-corrected chi connectivity index (χ0v) is 22.7. The molecule has 3 N–H and O–H groups in total. The molecule has 0 amide bonds. The number of nitrogens with zero attached hydrogens (tertiary/aromatic N) is 3. The molecular formula is C29H32N6O3S. The Bertz CT molecular complexity index is 1600. The van der Waals surface area contributed by atoms with Crippen molar-refractivity contribution in [3.63, 3.8) is 0 Å². The van der Waals surface area contributed by atoms with E-state index in [-0.39, 0.29) is 17.7 Å². The van der Waals surface area contributed by atoms with Crippen molar-refractivity contribution < 1.29 is 13.2 Å². The highest BCUT2D eigenvalue weighted by atomic mass is 32.2. The van der Waals surface area contributed by atoms with Crippen LogP contribution in [0, 0.1) is 12.8 Å². The minimum absolute atomic E-state index is 0.156. The van der Waals surface area contributed by atoms with E-state index in [1.165, 1.54) is 0 Å². The van der Waals surface area contributed by atoms with Gasteiger partial charge in [-0.3, -0.25) is 4.72 Å². The Morgan fingerprint density at radius 1 is 1.03 bits per heavy atom. The molecule has 1 saturated heterocycles. The van der Waals surface area contributed by atoms with Gasteiger partial charge in [-0.2, -0.15) is 0 Å². The Hall–Kier alpha value is -3.76. The topological polar surface area (TPSA) is 118 Å². The highest BCUT2D eigenvalue weighted by Gasteiger charge is 2.28. The van der Waals surface area contributed by atoms with Gasteiger partial charge in [0, 0.05) is 35.8 Å². The van der Waals surface area contributed by atoms with E-state index in [9.17, 15) is 8.42 Å². The molecular weight excluding hydrogens is 512 g/mol. The summed E-state index contributed by atoms with van der Waals surface area (Å²) in [6, 6.07) is 15.4. The number of rotatable bonds is 9. The second kappa shape index (κ2) is 10.8. The van der Waals surface area contributed by atoms with E-state index in [2.05, 4.69) is 25.3 Å². The summed E-state index contributed by atoms with van der Waals surface area (Å²) in [5.74, 6) is 2.02. The number of benzene rings is 2. The van der Waals surface area contributed by atoms with Crippen molar-refractivity contribution in [1.82, 2.24) is 20.3 Å². The van der Waals surface area contributed by atoms with E-state index < -0.39 is 10.0 Å². The van der Waals surface area contributed by atoms with Crippen molar-refractivity contribution in [3.8, 4) is 22.9 Å². The van der Waals surface area contributed by atoms with Crippen molar-refractivity contribution in [2.75, 3.05) is 28.9 Å². The first-order valence-corrected chi connectivity index (χ1v) is 15.1. The number of ether oxygens (including phenoxy) is 1. The molecule has 2 aliphatic rings. The standard InChI is InChI=1S/C29H32N6O3S/c1-19-16-26(35-39(36,37)18-20-10-11-20)22-7-2-3-8-23(22)27(19)38-28-24(9-5-14-31-28)25-12-15-32-29(34-25)33-21-6-4-13-30-17-21/h2-3,5,7-9,12,14-16,20-21,30,35H,4,6,10-11,13,17-18H2,1H3,(H,32,33,34)/t21-/m0/s1. The Kier molecular flexibility index (Phi) is 7.05. The van der Waals surface area contributed by atoms with Crippen LogP contribution in [0.5, 0.6) is 11.6 Å². The number of hydrogen-bond donors (Lipinski definition) is 3. The van der Waals surface area contributed by atoms with Gasteiger partial charge in [0.1, 0.15) is 5.75 Å². The molecule has 1 aliphatic heterocycles. The Balaban J connectivity index is 1.32. The predicted octanol–water partition coefficient (Wildman–Crippen LogP) is 5.11. The predicted molar refractivity (Wildman–Crippen MR) is 154 cm³/mol. The van der Waals surface area contributed by atoms with Crippen LogP contribution < -0.4 is 20.1 Å². The van der Waals surface area contributed by atoms with E-state index in [0.29, 0.717) is 29.0 Å². The number of piperidine rings is 1. The van der Waals surface area contributed by atoms with Crippen LogP contribution in [0.25, 0.3) is 22.0 Å². The van der Waals surface area contributed by atoms with E-state index in [1.54, 1.807) is 12.4 Å². The van der Waals surface area contributed by atoms with Gasteiger partial charge < -0.3 is 15.4 Å². The second-order valence-corrected chi connectivity index (χ2v) is 12.1. The largest absolute Gasteiger partial charge is 0.437 e. The first-order chi connectivity index (χ1) is 18.9. The summed E-state index contributed by atoms with van der Waals surface area (Å²) in [7, 11) is -3.44. The fraction of sp³-hybridized carbons (Fsp3) is 0.345. The molecule has 0 unspecified atom stereocenters. The molecule has 1 atom stereocenters. The van der Waals surface area contributed by atoms with Crippen molar-refractivity contribution >= 4 is 32.4 Å². The summed E-state index contributed by atoms with van der Waals surface area (Å²) >= 11 is 0. The number of aryl methyl sites for hydroxylation is 1. The van der Waals surface area contributed by atoms with Crippen molar-refractivity contribution in [3.05, 3.63) is 66.5 Å². The van der Waals surface area contributed by atoms with E-state index in [0.717, 1.165) is 60.7 Å². The number of pyridine rings is 1. The maximum atomic E-state index is 12.8. The normalized spacial score (nSPS) is 17.6.